The molecule has 3 heterocycles. The van der Waals surface area contributed by atoms with Gasteiger partial charge in [0.25, 0.3) is 11.7 Å². The smallest absolute Gasteiger partial charge is 0.355 e. The zero-order chi connectivity index (χ0) is 23.6. The summed E-state index contributed by atoms with van der Waals surface area (Å²) in [6, 6.07) is 2.67. The number of aromatic amines is 1. The Bertz CT molecular complexity index is 1070. The number of ether oxygens (including phenoxy) is 1. The van der Waals surface area contributed by atoms with E-state index < -0.39 is 23.7 Å². The van der Waals surface area contributed by atoms with E-state index in [4.69, 9.17) is 4.74 Å². The number of H-pyrrole nitrogens is 1. The van der Waals surface area contributed by atoms with Gasteiger partial charge >= 0.3 is 5.97 Å². The highest BCUT2D eigenvalue weighted by Gasteiger charge is 2.46. The van der Waals surface area contributed by atoms with E-state index in [2.05, 4.69) is 9.97 Å². The third-order valence-electron chi connectivity index (χ3n) is 5.50. The van der Waals surface area contributed by atoms with E-state index in [1.54, 1.807) is 45.3 Å². The van der Waals surface area contributed by atoms with Crippen molar-refractivity contribution < 1.29 is 24.2 Å². The van der Waals surface area contributed by atoms with Crippen molar-refractivity contribution >= 4 is 23.4 Å². The van der Waals surface area contributed by atoms with Crippen LogP contribution in [0.25, 0.3) is 5.76 Å². The molecule has 32 heavy (non-hydrogen) atoms. The van der Waals surface area contributed by atoms with Crippen molar-refractivity contribution in [3.8, 4) is 0 Å². The van der Waals surface area contributed by atoms with E-state index in [1.807, 2.05) is 19.0 Å². The second-order valence-corrected chi connectivity index (χ2v) is 7.92. The number of rotatable bonds is 7. The number of amides is 1. The number of aliphatic hydroxyl groups is 1. The van der Waals surface area contributed by atoms with Crippen LogP contribution in [0.2, 0.25) is 0 Å². The van der Waals surface area contributed by atoms with Crippen LogP contribution >= 0.6 is 0 Å². The molecule has 2 N–H and O–H groups in total. The molecule has 1 aliphatic heterocycles. The highest BCUT2D eigenvalue weighted by Crippen LogP contribution is 2.40. The fourth-order valence-electron chi connectivity index (χ4n) is 3.96. The average Bonchev–Trinajstić information content (AvgIpc) is 3.19. The van der Waals surface area contributed by atoms with Gasteiger partial charge in [0.2, 0.25) is 0 Å². The quantitative estimate of drug-likeness (QED) is 0.293. The molecule has 3 rings (SSSR count). The molecular formula is C23H28N4O5. The molecule has 0 saturated carbocycles. The van der Waals surface area contributed by atoms with Crippen molar-refractivity contribution in [2.45, 2.75) is 26.8 Å². The Labute approximate surface area is 186 Å². The van der Waals surface area contributed by atoms with Gasteiger partial charge in [-0.1, -0.05) is 0 Å². The standard InChI is InChI=1S/C23H28N4O5/c1-6-32-23(31)18-13(2)16(14(3)25-18)20(28)17-19(15-7-9-24-10-8-15)27(12-11-26(4)5)22(30)21(17)29/h7-10,19,25,28H,6,11-12H2,1-5H3/b20-17+/t19-/m1/s1. The first-order valence-corrected chi connectivity index (χ1v) is 10.4. The summed E-state index contributed by atoms with van der Waals surface area (Å²) in [6.45, 7) is 6.11. The first-order chi connectivity index (χ1) is 15.2. The van der Waals surface area contributed by atoms with E-state index in [0.29, 0.717) is 35.5 Å². The molecule has 170 valence electrons. The predicted molar refractivity (Wildman–Crippen MR) is 118 cm³/mol. The van der Waals surface area contributed by atoms with E-state index in [-0.39, 0.29) is 23.6 Å². The molecule has 9 nitrogen and oxygen atoms in total. The van der Waals surface area contributed by atoms with Gasteiger partial charge < -0.3 is 24.6 Å². The van der Waals surface area contributed by atoms with Gasteiger partial charge in [-0.25, -0.2) is 4.79 Å². The zero-order valence-corrected chi connectivity index (χ0v) is 18.9. The van der Waals surface area contributed by atoms with E-state index >= 15 is 0 Å². The average molecular weight is 441 g/mol. The van der Waals surface area contributed by atoms with Crippen LogP contribution in [0.5, 0.6) is 0 Å². The molecule has 9 heteroatoms. The van der Waals surface area contributed by atoms with E-state index in [1.165, 1.54) is 4.90 Å². The molecule has 0 aromatic carbocycles. The van der Waals surface area contributed by atoms with Crippen LogP contribution in [-0.2, 0) is 14.3 Å². The first kappa shape index (κ1) is 23.2. The highest BCUT2D eigenvalue weighted by molar-refractivity contribution is 6.46. The third-order valence-corrected chi connectivity index (χ3v) is 5.50. The summed E-state index contributed by atoms with van der Waals surface area (Å²) < 4.78 is 5.07. The van der Waals surface area contributed by atoms with Crippen LogP contribution in [-0.4, -0.2) is 76.3 Å². The summed E-state index contributed by atoms with van der Waals surface area (Å²) in [5.74, 6) is -2.31. The van der Waals surface area contributed by atoms with Crippen molar-refractivity contribution in [3.63, 3.8) is 0 Å². The summed E-state index contributed by atoms with van der Waals surface area (Å²) in [5, 5.41) is 11.3. The molecule has 1 aliphatic rings. The number of esters is 1. The summed E-state index contributed by atoms with van der Waals surface area (Å²) in [7, 11) is 3.75. The number of aromatic nitrogens is 2. The lowest BCUT2D eigenvalue weighted by Gasteiger charge is -2.26. The van der Waals surface area contributed by atoms with Gasteiger partial charge in [0, 0.05) is 36.7 Å². The van der Waals surface area contributed by atoms with Crippen LogP contribution in [0.4, 0.5) is 0 Å². The summed E-state index contributed by atoms with van der Waals surface area (Å²) in [6.07, 6.45) is 3.15. The Kier molecular flexibility index (Phi) is 6.78. The molecule has 2 aromatic heterocycles. The van der Waals surface area contributed by atoms with Crippen LogP contribution in [0.15, 0.2) is 30.1 Å². The number of Topliss-reactive ketones (excluding diaryl/α,β-unsaturated/α-hetero) is 1. The first-order valence-electron chi connectivity index (χ1n) is 10.4. The molecule has 0 unspecified atom stereocenters. The molecule has 0 radical (unpaired) electrons. The minimum absolute atomic E-state index is 0.0134. The maximum absolute atomic E-state index is 13.1. The second-order valence-electron chi connectivity index (χ2n) is 7.92. The van der Waals surface area contributed by atoms with Crippen LogP contribution in [0.1, 0.15) is 45.8 Å². The fourth-order valence-corrected chi connectivity index (χ4v) is 3.96. The van der Waals surface area contributed by atoms with Crippen molar-refractivity contribution in [2.24, 2.45) is 0 Å². The second kappa shape index (κ2) is 9.35. The van der Waals surface area contributed by atoms with Gasteiger partial charge in [0.15, 0.2) is 0 Å². The van der Waals surface area contributed by atoms with Gasteiger partial charge in [-0.2, -0.15) is 0 Å². The minimum Gasteiger partial charge on any atom is -0.507 e. The molecule has 1 saturated heterocycles. The number of nitrogens with zero attached hydrogens (tertiary/aromatic N) is 3. The lowest BCUT2D eigenvalue weighted by molar-refractivity contribution is -0.140. The molecule has 0 bridgehead atoms. The Hall–Kier alpha value is -3.46. The number of aryl methyl sites for hydroxylation is 1. The number of aliphatic hydroxyl groups excluding tert-OH is 1. The van der Waals surface area contributed by atoms with Gasteiger partial charge in [-0.15, -0.1) is 0 Å². The van der Waals surface area contributed by atoms with Crippen molar-refractivity contribution in [2.75, 3.05) is 33.8 Å². The molecule has 1 fully saturated rings. The highest BCUT2D eigenvalue weighted by atomic mass is 16.5. The van der Waals surface area contributed by atoms with Gasteiger partial charge in [0.05, 0.1) is 18.2 Å². The number of hydrogen-bond acceptors (Lipinski definition) is 7. The third kappa shape index (κ3) is 4.16. The number of hydrogen-bond donors (Lipinski definition) is 2. The summed E-state index contributed by atoms with van der Waals surface area (Å²) >= 11 is 0. The molecule has 1 amide bonds. The van der Waals surface area contributed by atoms with Gasteiger partial charge in [0.1, 0.15) is 11.5 Å². The monoisotopic (exact) mass is 440 g/mol. The van der Waals surface area contributed by atoms with Crippen molar-refractivity contribution in [1.82, 2.24) is 19.8 Å². The number of carbonyl (C=O) groups is 3. The summed E-state index contributed by atoms with van der Waals surface area (Å²) in [4.78, 5) is 48.6. The number of pyridine rings is 1. The Morgan fingerprint density at radius 1 is 1.25 bits per heavy atom. The lowest BCUT2D eigenvalue weighted by Crippen LogP contribution is -2.35. The number of ketones is 1. The molecular weight excluding hydrogens is 412 g/mol. The predicted octanol–water partition coefficient (Wildman–Crippen LogP) is 2.19. The van der Waals surface area contributed by atoms with Gasteiger partial charge in [-0.05, 0) is 58.1 Å². The fraction of sp³-hybridized carbons (Fsp3) is 0.391. The lowest BCUT2D eigenvalue weighted by atomic mass is 9.94. The molecule has 2 aromatic rings. The van der Waals surface area contributed by atoms with Crippen LogP contribution in [0, 0.1) is 13.8 Å². The maximum atomic E-state index is 13.1. The van der Waals surface area contributed by atoms with Crippen molar-refractivity contribution in [3.05, 3.63) is 58.2 Å². The topological polar surface area (TPSA) is 116 Å². The maximum Gasteiger partial charge on any atom is 0.355 e. The summed E-state index contributed by atoms with van der Waals surface area (Å²) in [5.41, 5.74) is 2.12. The van der Waals surface area contributed by atoms with Crippen molar-refractivity contribution in [1.29, 1.82) is 0 Å². The van der Waals surface area contributed by atoms with E-state index in [9.17, 15) is 19.5 Å². The minimum atomic E-state index is -0.766. The zero-order valence-electron chi connectivity index (χ0n) is 18.9. The molecule has 0 spiro atoms. The number of nitrogens with one attached hydrogen (secondary N) is 1. The Balaban J connectivity index is 2.18. The number of carbonyl (C=O) groups excluding carboxylic acids is 3. The van der Waals surface area contributed by atoms with Crippen LogP contribution in [0.3, 0.4) is 0 Å². The SMILES string of the molecule is CCOC(=O)c1[nH]c(C)c(/C(O)=C2\C(=O)C(=O)N(CCN(C)C)[C@@H]2c2ccncc2)c1C. The molecule has 1 atom stereocenters. The molecule has 0 aliphatic carbocycles. The largest absolute Gasteiger partial charge is 0.507 e. The Morgan fingerprint density at radius 3 is 2.50 bits per heavy atom. The van der Waals surface area contributed by atoms with Gasteiger partial charge in [-0.3, -0.25) is 14.6 Å². The van der Waals surface area contributed by atoms with Crippen LogP contribution < -0.4 is 0 Å². The number of likely N-dealkylation sites (tertiary alicyclic amines) is 1. The number of likely N-dealkylation sites (N-methyl/N-ethyl adjacent to an activating group) is 1. The normalized spacial score (nSPS) is 17.9. The van der Waals surface area contributed by atoms with E-state index in [0.717, 1.165) is 0 Å². The Morgan fingerprint density at radius 2 is 1.91 bits per heavy atom.